The van der Waals surface area contributed by atoms with Crippen LogP contribution >= 0.6 is 0 Å². The van der Waals surface area contributed by atoms with Crippen molar-refractivity contribution in [3.8, 4) is 0 Å². The van der Waals surface area contributed by atoms with Gasteiger partial charge in [0.05, 0.1) is 12.2 Å². The second kappa shape index (κ2) is 5.73. The lowest BCUT2D eigenvalue weighted by Gasteiger charge is -2.19. The zero-order valence-corrected chi connectivity index (χ0v) is 12.5. The molecule has 1 unspecified atom stereocenters. The Labute approximate surface area is 120 Å². The van der Waals surface area contributed by atoms with Crippen molar-refractivity contribution in [1.82, 2.24) is 0 Å². The van der Waals surface area contributed by atoms with Crippen molar-refractivity contribution in [1.29, 1.82) is 0 Å². The van der Waals surface area contributed by atoms with Gasteiger partial charge in [-0.1, -0.05) is 13.8 Å². The van der Waals surface area contributed by atoms with Gasteiger partial charge in [-0.25, -0.2) is 4.79 Å². The zero-order valence-electron chi connectivity index (χ0n) is 12.5. The fourth-order valence-corrected chi connectivity index (χ4v) is 2.83. The highest BCUT2D eigenvalue weighted by atomic mass is 16.5. The normalized spacial score (nSPS) is 20.6. The summed E-state index contributed by atoms with van der Waals surface area (Å²) >= 11 is 0. The third-order valence-corrected chi connectivity index (χ3v) is 3.89. The predicted molar refractivity (Wildman–Crippen MR) is 81.9 cm³/mol. The molecule has 1 aromatic rings. The van der Waals surface area contributed by atoms with E-state index in [4.69, 9.17) is 10.5 Å². The minimum atomic E-state index is -0.361. The Hall–Kier alpha value is -1.71. The van der Waals surface area contributed by atoms with E-state index >= 15 is 0 Å². The Morgan fingerprint density at radius 1 is 1.50 bits per heavy atom. The topological polar surface area (TPSA) is 64.3 Å². The van der Waals surface area contributed by atoms with E-state index in [1.165, 1.54) is 6.42 Å². The van der Waals surface area contributed by atoms with Gasteiger partial charge in [0.1, 0.15) is 0 Å². The highest BCUT2D eigenvalue weighted by Crippen LogP contribution is 2.38. The quantitative estimate of drug-likeness (QED) is 0.653. The van der Waals surface area contributed by atoms with Gasteiger partial charge in [0.2, 0.25) is 0 Å². The van der Waals surface area contributed by atoms with E-state index in [0.29, 0.717) is 29.3 Å². The van der Waals surface area contributed by atoms with Crippen LogP contribution in [0.1, 0.15) is 50.4 Å². The average Bonchev–Trinajstić information content (AvgIpc) is 2.71. The molecule has 1 fully saturated rings. The van der Waals surface area contributed by atoms with Gasteiger partial charge in [0, 0.05) is 17.4 Å². The number of rotatable bonds is 4. The number of carbonyl (C=O) groups is 1. The van der Waals surface area contributed by atoms with Crippen LogP contribution in [0.3, 0.4) is 0 Å². The summed E-state index contributed by atoms with van der Waals surface area (Å²) in [5, 5.41) is 3.50. The summed E-state index contributed by atoms with van der Waals surface area (Å²) in [6.07, 6.45) is 3.53. The van der Waals surface area contributed by atoms with Gasteiger partial charge in [-0.05, 0) is 49.8 Å². The number of anilines is 2. The van der Waals surface area contributed by atoms with Gasteiger partial charge in [0.15, 0.2) is 0 Å². The SMILES string of the molecule is CCOC(=O)c1cc(NC2CCC(C)(C)C2)ccc1N. The lowest BCUT2D eigenvalue weighted by Crippen LogP contribution is -2.18. The van der Waals surface area contributed by atoms with Crippen LogP contribution < -0.4 is 11.1 Å². The molecule has 110 valence electrons. The monoisotopic (exact) mass is 276 g/mol. The Balaban J connectivity index is 2.10. The Bertz CT molecular complexity index is 497. The molecule has 2 rings (SSSR count). The summed E-state index contributed by atoms with van der Waals surface area (Å²) in [6.45, 7) is 6.73. The highest BCUT2D eigenvalue weighted by molar-refractivity contribution is 5.96. The Morgan fingerprint density at radius 3 is 2.85 bits per heavy atom. The molecule has 0 amide bonds. The third-order valence-electron chi connectivity index (χ3n) is 3.89. The maximum Gasteiger partial charge on any atom is 0.340 e. The fraction of sp³-hybridized carbons (Fsp3) is 0.562. The largest absolute Gasteiger partial charge is 0.462 e. The third kappa shape index (κ3) is 3.44. The summed E-state index contributed by atoms with van der Waals surface area (Å²) in [6, 6.07) is 5.93. The average molecular weight is 276 g/mol. The van der Waals surface area contributed by atoms with E-state index in [9.17, 15) is 4.79 Å². The number of nitrogens with one attached hydrogen (secondary N) is 1. The number of ether oxygens (including phenoxy) is 1. The van der Waals surface area contributed by atoms with Crippen molar-refractivity contribution < 1.29 is 9.53 Å². The van der Waals surface area contributed by atoms with Crippen LogP contribution in [0.4, 0.5) is 11.4 Å². The molecular weight excluding hydrogens is 252 g/mol. The van der Waals surface area contributed by atoms with Crippen LogP contribution in [-0.4, -0.2) is 18.6 Å². The van der Waals surface area contributed by atoms with E-state index < -0.39 is 0 Å². The molecule has 4 heteroatoms. The van der Waals surface area contributed by atoms with Crippen molar-refractivity contribution in [2.24, 2.45) is 5.41 Å². The Kier molecular flexibility index (Phi) is 4.21. The van der Waals surface area contributed by atoms with E-state index in [1.807, 2.05) is 6.07 Å². The Morgan fingerprint density at radius 2 is 2.25 bits per heavy atom. The van der Waals surface area contributed by atoms with Crippen LogP contribution in [0, 0.1) is 5.41 Å². The molecular formula is C16H24N2O2. The molecule has 0 heterocycles. The summed E-state index contributed by atoms with van der Waals surface area (Å²) in [7, 11) is 0. The lowest BCUT2D eigenvalue weighted by atomic mass is 9.92. The first-order chi connectivity index (χ1) is 9.41. The van der Waals surface area contributed by atoms with Gasteiger partial charge < -0.3 is 15.8 Å². The molecule has 0 radical (unpaired) electrons. The van der Waals surface area contributed by atoms with Gasteiger partial charge in [0.25, 0.3) is 0 Å². The summed E-state index contributed by atoms with van der Waals surface area (Å²) in [5.41, 5.74) is 8.07. The molecule has 1 atom stereocenters. The van der Waals surface area contributed by atoms with Crippen molar-refractivity contribution in [3.63, 3.8) is 0 Å². The molecule has 3 N–H and O–H groups in total. The zero-order chi connectivity index (χ0) is 14.8. The second-order valence-electron chi connectivity index (χ2n) is 6.27. The standard InChI is InChI=1S/C16H24N2O2/c1-4-20-15(19)13-9-11(5-6-14(13)17)18-12-7-8-16(2,3)10-12/h5-6,9,12,18H,4,7-8,10,17H2,1-3H3. The van der Waals surface area contributed by atoms with Gasteiger partial charge in [-0.15, -0.1) is 0 Å². The predicted octanol–water partition coefficient (Wildman–Crippen LogP) is 3.44. The first-order valence-electron chi connectivity index (χ1n) is 7.24. The van der Waals surface area contributed by atoms with Crippen LogP contribution in [-0.2, 0) is 4.74 Å². The molecule has 1 saturated carbocycles. The van der Waals surface area contributed by atoms with Gasteiger partial charge in [-0.3, -0.25) is 0 Å². The molecule has 4 nitrogen and oxygen atoms in total. The summed E-state index contributed by atoms with van der Waals surface area (Å²) in [4.78, 5) is 11.8. The van der Waals surface area contributed by atoms with Crippen LogP contribution in [0.2, 0.25) is 0 Å². The van der Waals surface area contributed by atoms with Crippen molar-refractivity contribution >= 4 is 17.3 Å². The minimum absolute atomic E-state index is 0.354. The van der Waals surface area contributed by atoms with Crippen LogP contribution in [0.25, 0.3) is 0 Å². The molecule has 1 aliphatic rings. The summed E-state index contributed by atoms with van der Waals surface area (Å²) < 4.78 is 5.02. The number of hydrogen-bond acceptors (Lipinski definition) is 4. The first kappa shape index (κ1) is 14.7. The van der Waals surface area contributed by atoms with Crippen LogP contribution in [0.5, 0.6) is 0 Å². The van der Waals surface area contributed by atoms with Crippen molar-refractivity contribution in [2.75, 3.05) is 17.7 Å². The first-order valence-corrected chi connectivity index (χ1v) is 7.24. The van der Waals surface area contributed by atoms with Gasteiger partial charge >= 0.3 is 5.97 Å². The molecule has 1 aromatic carbocycles. The van der Waals surface area contributed by atoms with E-state index in [0.717, 1.165) is 18.5 Å². The van der Waals surface area contributed by atoms with Crippen molar-refractivity contribution in [3.05, 3.63) is 23.8 Å². The molecule has 20 heavy (non-hydrogen) atoms. The van der Waals surface area contributed by atoms with Crippen LogP contribution in [0.15, 0.2) is 18.2 Å². The number of esters is 1. The number of nitrogens with two attached hydrogens (primary N) is 1. The molecule has 0 aliphatic heterocycles. The minimum Gasteiger partial charge on any atom is -0.462 e. The second-order valence-corrected chi connectivity index (χ2v) is 6.27. The maximum atomic E-state index is 11.8. The van der Waals surface area contributed by atoms with E-state index in [1.54, 1.807) is 19.1 Å². The summed E-state index contributed by atoms with van der Waals surface area (Å²) in [5.74, 6) is -0.361. The fourth-order valence-electron chi connectivity index (χ4n) is 2.83. The highest BCUT2D eigenvalue weighted by Gasteiger charge is 2.30. The molecule has 0 bridgehead atoms. The molecule has 0 saturated heterocycles. The van der Waals surface area contributed by atoms with E-state index in [2.05, 4.69) is 19.2 Å². The maximum absolute atomic E-state index is 11.8. The van der Waals surface area contributed by atoms with E-state index in [-0.39, 0.29) is 5.97 Å². The lowest BCUT2D eigenvalue weighted by molar-refractivity contribution is 0.0527. The molecule has 0 aromatic heterocycles. The number of hydrogen-bond donors (Lipinski definition) is 2. The number of carbonyl (C=O) groups excluding carboxylic acids is 1. The number of benzene rings is 1. The smallest absolute Gasteiger partial charge is 0.340 e. The molecule has 0 spiro atoms. The number of nitrogen functional groups attached to an aromatic ring is 1. The van der Waals surface area contributed by atoms with Crippen molar-refractivity contribution in [2.45, 2.75) is 46.1 Å². The molecule has 1 aliphatic carbocycles. The van der Waals surface area contributed by atoms with Gasteiger partial charge in [-0.2, -0.15) is 0 Å².